The van der Waals surface area contributed by atoms with Gasteiger partial charge in [-0.15, -0.1) is 0 Å². The zero-order chi connectivity index (χ0) is 7.56. The van der Waals surface area contributed by atoms with Crippen molar-refractivity contribution in [1.29, 1.82) is 5.26 Å². The van der Waals surface area contributed by atoms with Crippen molar-refractivity contribution in [3.63, 3.8) is 0 Å². The maximum absolute atomic E-state index is 8.36. The summed E-state index contributed by atoms with van der Waals surface area (Å²) in [6.45, 7) is 3.99. The normalized spacial score (nSPS) is 23.3. The Morgan fingerprint density at radius 2 is 2.40 bits per heavy atom. The molecule has 1 heterocycles. The maximum atomic E-state index is 8.36. The summed E-state index contributed by atoms with van der Waals surface area (Å²) < 4.78 is 0. The van der Waals surface area contributed by atoms with E-state index in [4.69, 9.17) is 11.0 Å². The molecule has 0 saturated carbocycles. The molecular weight excluding hydrogens is 126 g/mol. The van der Waals surface area contributed by atoms with Crippen molar-refractivity contribution in [2.75, 3.05) is 13.1 Å². The van der Waals surface area contributed by atoms with Crippen LogP contribution in [0.5, 0.6) is 0 Å². The second-order valence-corrected chi connectivity index (χ2v) is 2.93. The molecule has 3 heteroatoms. The summed E-state index contributed by atoms with van der Waals surface area (Å²) in [5.41, 5.74) is 5.58. The summed E-state index contributed by atoms with van der Waals surface area (Å²) >= 11 is 0. The van der Waals surface area contributed by atoms with E-state index in [1.807, 2.05) is 0 Å². The Labute approximate surface area is 61.4 Å². The highest BCUT2D eigenvalue weighted by Crippen LogP contribution is 2.11. The topological polar surface area (TPSA) is 53.0 Å². The summed E-state index contributed by atoms with van der Waals surface area (Å²) in [5, 5.41) is 8.36. The third kappa shape index (κ3) is 1.47. The Morgan fingerprint density at radius 3 is 2.80 bits per heavy atom. The molecule has 10 heavy (non-hydrogen) atoms. The van der Waals surface area contributed by atoms with E-state index in [0.29, 0.717) is 18.5 Å². The van der Waals surface area contributed by atoms with Crippen molar-refractivity contribution >= 4 is 0 Å². The highest BCUT2D eigenvalue weighted by molar-refractivity contribution is 4.89. The van der Waals surface area contributed by atoms with Crippen LogP contribution in [0, 0.1) is 11.3 Å². The second kappa shape index (κ2) is 3.00. The lowest BCUT2D eigenvalue weighted by Gasteiger charge is -2.40. The van der Waals surface area contributed by atoms with Gasteiger partial charge >= 0.3 is 0 Å². The monoisotopic (exact) mass is 139 g/mol. The van der Waals surface area contributed by atoms with Crippen LogP contribution in [-0.2, 0) is 0 Å². The molecule has 0 spiro atoms. The zero-order valence-corrected chi connectivity index (χ0v) is 6.25. The van der Waals surface area contributed by atoms with Crippen LogP contribution in [0.1, 0.15) is 13.3 Å². The van der Waals surface area contributed by atoms with Crippen LogP contribution in [0.25, 0.3) is 0 Å². The molecule has 0 radical (unpaired) electrons. The third-order valence-electron chi connectivity index (χ3n) is 1.95. The lowest BCUT2D eigenvalue weighted by Crippen LogP contribution is -2.58. The number of nitrogens with two attached hydrogens (primary N) is 1. The first-order valence-electron chi connectivity index (χ1n) is 3.60. The van der Waals surface area contributed by atoms with Crippen LogP contribution in [0.3, 0.4) is 0 Å². The number of hydrogen-bond acceptors (Lipinski definition) is 3. The molecular formula is C7H13N3. The summed E-state index contributed by atoms with van der Waals surface area (Å²) in [6.07, 6.45) is 0.618. The molecule has 1 aliphatic rings. The minimum atomic E-state index is 0.348. The van der Waals surface area contributed by atoms with Gasteiger partial charge in [0.1, 0.15) is 0 Å². The number of rotatable bonds is 2. The average Bonchev–Trinajstić information content (AvgIpc) is 1.82. The van der Waals surface area contributed by atoms with Gasteiger partial charge in [-0.05, 0) is 6.92 Å². The molecule has 1 atom stereocenters. The van der Waals surface area contributed by atoms with Gasteiger partial charge in [-0.1, -0.05) is 0 Å². The van der Waals surface area contributed by atoms with Gasteiger partial charge in [0.25, 0.3) is 0 Å². The van der Waals surface area contributed by atoms with Crippen LogP contribution in [0.2, 0.25) is 0 Å². The summed E-state index contributed by atoms with van der Waals surface area (Å²) in [7, 11) is 0. The first-order valence-corrected chi connectivity index (χ1v) is 3.60. The van der Waals surface area contributed by atoms with Crippen molar-refractivity contribution in [2.45, 2.75) is 25.4 Å². The Kier molecular flexibility index (Phi) is 2.25. The Balaban J connectivity index is 2.19. The molecule has 1 fully saturated rings. The van der Waals surface area contributed by atoms with E-state index in [-0.39, 0.29) is 0 Å². The average molecular weight is 139 g/mol. The molecule has 0 aromatic rings. The molecule has 1 unspecified atom stereocenters. The van der Waals surface area contributed by atoms with E-state index in [1.54, 1.807) is 0 Å². The third-order valence-corrected chi connectivity index (χ3v) is 1.95. The molecule has 0 aromatic carbocycles. The van der Waals surface area contributed by atoms with E-state index in [0.717, 1.165) is 13.1 Å². The minimum Gasteiger partial charge on any atom is -0.325 e. The quantitative estimate of drug-likeness (QED) is 0.582. The summed E-state index contributed by atoms with van der Waals surface area (Å²) in [6, 6.07) is 2.89. The number of hydrogen-bond donors (Lipinski definition) is 1. The Morgan fingerprint density at radius 1 is 1.80 bits per heavy atom. The summed E-state index contributed by atoms with van der Waals surface area (Å²) in [5.74, 6) is 0. The van der Waals surface area contributed by atoms with Gasteiger partial charge in [-0.2, -0.15) is 5.26 Å². The molecule has 0 aliphatic carbocycles. The van der Waals surface area contributed by atoms with Gasteiger partial charge in [-0.3, -0.25) is 4.90 Å². The van der Waals surface area contributed by atoms with Crippen molar-refractivity contribution < 1.29 is 0 Å². The fourth-order valence-corrected chi connectivity index (χ4v) is 1.17. The zero-order valence-electron chi connectivity index (χ0n) is 6.25. The van der Waals surface area contributed by atoms with Crippen molar-refractivity contribution in [1.82, 2.24) is 4.90 Å². The fraction of sp³-hybridized carbons (Fsp3) is 0.857. The molecule has 3 nitrogen and oxygen atoms in total. The molecule has 1 aliphatic heterocycles. The number of likely N-dealkylation sites (tertiary alicyclic amines) is 1. The van der Waals surface area contributed by atoms with Crippen LogP contribution < -0.4 is 5.73 Å². The SMILES string of the molecule is CC(CC#N)N1CC(N)C1. The molecule has 1 rings (SSSR count). The molecule has 1 saturated heterocycles. The minimum absolute atomic E-state index is 0.348. The molecule has 0 amide bonds. The Hall–Kier alpha value is -0.590. The van der Waals surface area contributed by atoms with E-state index in [1.165, 1.54) is 0 Å². The highest BCUT2D eigenvalue weighted by Gasteiger charge is 2.26. The smallest absolute Gasteiger partial charge is 0.0638 e. The van der Waals surface area contributed by atoms with Crippen molar-refractivity contribution in [3.8, 4) is 6.07 Å². The number of nitrogens with zero attached hydrogens (tertiary/aromatic N) is 2. The van der Waals surface area contributed by atoms with E-state index >= 15 is 0 Å². The van der Waals surface area contributed by atoms with Crippen LogP contribution in [-0.4, -0.2) is 30.1 Å². The lowest BCUT2D eigenvalue weighted by atomic mass is 10.1. The van der Waals surface area contributed by atoms with Crippen molar-refractivity contribution in [3.05, 3.63) is 0 Å². The van der Waals surface area contributed by atoms with Gasteiger partial charge in [-0.25, -0.2) is 0 Å². The van der Waals surface area contributed by atoms with Crippen molar-refractivity contribution in [2.24, 2.45) is 5.73 Å². The van der Waals surface area contributed by atoms with Crippen LogP contribution in [0.15, 0.2) is 0 Å². The summed E-state index contributed by atoms with van der Waals surface area (Å²) in [4.78, 5) is 2.23. The maximum Gasteiger partial charge on any atom is 0.0638 e. The van der Waals surface area contributed by atoms with Crippen LogP contribution >= 0.6 is 0 Å². The lowest BCUT2D eigenvalue weighted by molar-refractivity contribution is 0.105. The first kappa shape index (κ1) is 7.52. The molecule has 2 N–H and O–H groups in total. The fourth-order valence-electron chi connectivity index (χ4n) is 1.17. The molecule has 0 bridgehead atoms. The predicted octanol–water partition coefficient (Wildman–Crippen LogP) is -0.0685. The van der Waals surface area contributed by atoms with E-state index in [9.17, 15) is 0 Å². The van der Waals surface area contributed by atoms with Gasteiger partial charge in [0.2, 0.25) is 0 Å². The van der Waals surface area contributed by atoms with Gasteiger partial charge in [0.15, 0.2) is 0 Å². The van der Waals surface area contributed by atoms with E-state index < -0.39 is 0 Å². The van der Waals surface area contributed by atoms with E-state index in [2.05, 4.69) is 17.9 Å². The van der Waals surface area contributed by atoms with Gasteiger partial charge in [0, 0.05) is 25.2 Å². The Bertz CT molecular complexity index is 143. The first-order chi connectivity index (χ1) is 4.74. The van der Waals surface area contributed by atoms with Gasteiger partial charge < -0.3 is 5.73 Å². The second-order valence-electron chi connectivity index (χ2n) is 2.93. The molecule has 0 aromatic heterocycles. The largest absolute Gasteiger partial charge is 0.325 e. The predicted molar refractivity (Wildman–Crippen MR) is 39.2 cm³/mol. The highest BCUT2D eigenvalue weighted by atomic mass is 15.2. The molecule has 56 valence electrons. The van der Waals surface area contributed by atoms with Gasteiger partial charge in [0.05, 0.1) is 12.5 Å². The standard InChI is InChI=1S/C7H13N3/c1-6(2-3-8)10-4-7(9)5-10/h6-7H,2,4-5,9H2,1H3. The van der Waals surface area contributed by atoms with Crippen LogP contribution in [0.4, 0.5) is 0 Å². The number of nitriles is 1.